The number of hydrogen-bond donors (Lipinski definition) is 1. The quantitative estimate of drug-likeness (QED) is 0.851. The Morgan fingerprint density at radius 3 is 2.63 bits per heavy atom. The lowest BCUT2D eigenvalue weighted by Crippen LogP contribution is -2.01. The number of ether oxygens (including phenoxy) is 1. The molecular formula is C15H15BrFNO. The Balaban J connectivity index is 2.21. The van der Waals surface area contributed by atoms with Gasteiger partial charge in [-0.1, -0.05) is 22.0 Å². The summed E-state index contributed by atoms with van der Waals surface area (Å²) in [5, 5.41) is 0. The summed E-state index contributed by atoms with van der Waals surface area (Å²) in [6.07, 6.45) is 0. The lowest BCUT2D eigenvalue weighted by atomic mass is 10.1. The monoisotopic (exact) mass is 323 g/mol. The Labute approximate surface area is 120 Å². The summed E-state index contributed by atoms with van der Waals surface area (Å²) in [5.41, 5.74) is 9.25. The minimum atomic E-state index is -0.283. The topological polar surface area (TPSA) is 35.2 Å². The molecule has 0 saturated heterocycles. The maximum atomic E-state index is 13.3. The molecule has 2 aromatic rings. The van der Waals surface area contributed by atoms with Crippen molar-refractivity contribution in [3.63, 3.8) is 0 Å². The van der Waals surface area contributed by atoms with Crippen LogP contribution < -0.4 is 10.5 Å². The summed E-state index contributed by atoms with van der Waals surface area (Å²) in [6.45, 7) is 4.18. The highest BCUT2D eigenvalue weighted by Gasteiger charge is 2.08. The Hall–Kier alpha value is -1.55. The van der Waals surface area contributed by atoms with Gasteiger partial charge in [-0.2, -0.15) is 0 Å². The maximum absolute atomic E-state index is 13.3. The van der Waals surface area contributed by atoms with Gasteiger partial charge < -0.3 is 10.5 Å². The van der Waals surface area contributed by atoms with Crippen molar-refractivity contribution in [3.8, 4) is 5.75 Å². The third-order valence-electron chi connectivity index (χ3n) is 2.95. The average molecular weight is 324 g/mol. The summed E-state index contributed by atoms with van der Waals surface area (Å²) in [6, 6.07) is 8.48. The van der Waals surface area contributed by atoms with Crippen LogP contribution in [0.15, 0.2) is 34.8 Å². The number of anilines is 1. The molecule has 0 amide bonds. The van der Waals surface area contributed by atoms with Crippen LogP contribution in [0.2, 0.25) is 0 Å². The minimum absolute atomic E-state index is 0.283. The second-order valence-corrected chi connectivity index (χ2v) is 5.41. The molecule has 0 spiro atoms. The van der Waals surface area contributed by atoms with Crippen LogP contribution in [0.5, 0.6) is 5.75 Å². The Bertz CT molecular complexity index is 593. The van der Waals surface area contributed by atoms with Crippen LogP contribution in [-0.2, 0) is 6.61 Å². The third-order valence-corrected chi connectivity index (χ3v) is 3.41. The molecule has 0 unspecified atom stereocenters. The van der Waals surface area contributed by atoms with E-state index in [4.69, 9.17) is 10.5 Å². The van der Waals surface area contributed by atoms with Crippen LogP contribution in [0.4, 0.5) is 10.1 Å². The Kier molecular flexibility index (Phi) is 4.10. The summed E-state index contributed by atoms with van der Waals surface area (Å²) in [7, 11) is 0. The molecule has 0 aromatic heterocycles. The number of hydrogen-bond acceptors (Lipinski definition) is 2. The highest BCUT2D eigenvalue weighted by molar-refractivity contribution is 9.10. The van der Waals surface area contributed by atoms with Gasteiger partial charge in [-0.05, 0) is 49.2 Å². The fourth-order valence-electron chi connectivity index (χ4n) is 1.91. The summed E-state index contributed by atoms with van der Waals surface area (Å²) in [4.78, 5) is 0. The molecule has 0 saturated carbocycles. The number of nitrogens with two attached hydrogens (primary N) is 1. The SMILES string of the molecule is Cc1ccc(N)c(C)c1OCc1cc(F)cc(Br)c1. The van der Waals surface area contributed by atoms with Gasteiger partial charge in [0.2, 0.25) is 0 Å². The number of benzene rings is 2. The fraction of sp³-hybridized carbons (Fsp3) is 0.200. The first-order chi connectivity index (χ1) is 8.97. The second kappa shape index (κ2) is 5.61. The van der Waals surface area contributed by atoms with Gasteiger partial charge in [-0.25, -0.2) is 4.39 Å². The van der Waals surface area contributed by atoms with Crippen molar-refractivity contribution in [3.05, 3.63) is 57.3 Å². The maximum Gasteiger partial charge on any atom is 0.127 e. The van der Waals surface area contributed by atoms with E-state index in [0.717, 1.165) is 22.4 Å². The van der Waals surface area contributed by atoms with E-state index in [1.165, 1.54) is 12.1 Å². The molecule has 100 valence electrons. The van der Waals surface area contributed by atoms with E-state index in [1.807, 2.05) is 32.0 Å². The van der Waals surface area contributed by atoms with Crippen molar-refractivity contribution >= 4 is 21.6 Å². The van der Waals surface area contributed by atoms with Gasteiger partial charge in [0.1, 0.15) is 18.2 Å². The molecule has 0 atom stereocenters. The average Bonchev–Trinajstić information content (AvgIpc) is 2.33. The minimum Gasteiger partial charge on any atom is -0.488 e. The van der Waals surface area contributed by atoms with Crippen LogP contribution in [0.25, 0.3) is 0 Å². The van der Waals surface area contributed by atoms with E-state index in [9.17, 15) is 4.39 Å². The fourth-order valence-corrected chi connectivity index (χ4v) is 2.43. The first-order valence-corrected chi connectivity index (χ1v) is 6.70. The molecule has 2 aromatic carbocycles. The molecule has 0 heterocycles. The van der Waals surface area contributed by atoms with Gasteiger partial charge in [0.25, 0.3) is 0 Å². The predicted molar refractivity (Wildman–Crippen MR) is 78.8 cm³/mol. The number of rotatable bonds is 3. The molecule has 0 fully saturated rings. The molecule has 2 rings (SSSR count). The Morgan fingerprint density at radius 2 is 1.95 bits per heavy atom. The first-order valence-electron chi connectivity index (χ1n) is 5.91. The van der Waals surface area contributed by atoms with E-state index >= 15 is 0 Å². The van der Waals surface area contributed by atoms with Crippen molar-refractivity contribution in [1.29, 1.82) is 0 Å². The molecule has 2 nitrogen and oxygen atoms in total. The molecule has 2 N–H and O–H groups in total. The molecular weight excluding hydrogens is 309 g/mol. The lowest BCUT2D eigenvalue weighted by Gasteiger charge is -2.14. The Morgan fingerprint density at radius 1 is 1.21 bits per heavy atom. The molecule has 0 bridgehead atoms. The van der Waals surface area contributed by atoms with E-state index in [1.54, 1.807) is 0 Å². The zero-order valence-corrected chi connectivity index (χ0v) is 12.4. The summed E-state index contributed by atoms with van der Waals surface area (Å²) < 4.78 is 19.7. The standard InChI is InChI=1S/C15H15BrFNO/c1-9-3-4-14(18)10(2)15(9)19-8-11-5-12(16)7-13(17)6-11/h3-7H,8,18H2,1-2H3. The molecule has 0 radical (unpaired) electrons. The summed E-state index contributed by atoms with van der Waals surface area (Å²) >= 11 is 3.26. The third kappa shape index (κ3) is 3.26. The first kappa shape index (κ1) is 13.9. The number of halogens is 2. The van der Waals surface area contributed by atoms with Gasteiger partial charge in [0.05, 0.1) is 0 Å². The van der Waals surface area contributed by atoms with Crippen molar-refractivity contribution in [2.75, 3.05) is 5.73 Å². The molecule has 4 heteroatoms. The van der Waals surface area contributed by atoms with Gasteiger partial charge in [-0.15, -0.1) is 0 Å². The highest BCUT2D eigenvalue weighted by atomic mass is 79.9. The van der Waals surface area contributed by atoms with E-state index < -0.39 is 0 Å². The second-order valence-electron chi connectivity index (χ2n) is 4.49. The van der Waals surface area contributed by atoms with Gasteiger partial charge in [0, 0.05) is 15.7 Å². The van der Waals surface area contributed by atoms with Crippen molar-refractivity contribution in [1.82, 2.24) is 0 Å². The molecule has 0 aliphatic rings. The highest BCUT2D eigenvalue weighted by Crippen LogP contribution is 2.28. The van der Waals surface area contributed by atoms with Crippen molar-refractivity contribution in [2.24, 2.45) is 0 Å². The predicted octanol–water partition coefficient (Wildman–Crippen LogP) is 4.37. The number of aryl methyl sites for hydroxylation is 1. The van der Waals surface area contributed by atoms with E-state index in [0.29, 0.717) is 16.8 Å². The zero-order chi connectivity index (χ0) is 14.0. The molecule has 0 aliphatic heterocycles. The van der Waals surface area contributed by atoms with Crippen LogP contribution in [0.3, 0.4) is 0 Å². The normalized spacial score (nSPS) is 10.5. The van der Waals surface area contributed by atoms with Crippen LogP contribution in [0, 0.1) is 19.7 Å². The van der Waals surface area contributed by atoms with Gasteiger partial charge in [-0.3, -0.25) is 0 Å². The van der Waals surface area contributed by atoms with Crippen LogP contribution in [0.1, 0.15) is 16.7 Å². The van der Waals surface area contributed by atoms with Crippen LogP contribution in [-0.4, -0.2) is 0 Å². The van der Waals surface area contributed by atoms with Crippen molar-refractivity contribution < 1.29 is 9.13 Å². The lowest BCUT2D eigenvalue weighted by molar-refractivity contribution is 0.301. The van der Waals surface area contributed by atoms with Crippen molar-refractivity contribution in [2.45, 2.75) is 20.5 Å². The molecule has 19 heavy (non-hydrogen) atoms. The smallest absolute Gasteiger partial charge is 0.127 e. The van der Waals surface area contributed by atoms with Gasteiger partial charge in [0.15, 0.2) is 0 Å². The largest absolute Gasteiger partial charge is 0.488 e. The number of nitrogen functional groups attached to an aromatic ring is 1. The molecule has 0 aliphatic carbocycles. The van der Waals surface area contributed by atoms with E-state index in [-0.39, 0.29) is 5.82 Å². The van der Waals surface area contributed by atoms with Crippen LogP contribution >= 0.6 is 15.9 Å². The summed E-state index contributed by atoms with van der Waals surface area (Å²) in [5.74, 6) is 0.481. The van der Waals surface area contributed by atoms with E-state index in [2.05, 4.69) is 15.9 Å². The zero-order valence-electron chi connectivity index (χ0n) is 10.8. The van der Waals surface area contributed by atoms with Gasteiger partial charge >= 0.3 is 0 Å².